The molecular formula is C19H27N5O. The highest BCUT2D eigenvalue weighted by Gasteiger charge is 2.45. The van der Waals surface area contributed by atoms with Gasteiger partial charge in [-0.1, -0.05) is 6.07 Å². The van der Waals surface area contributed by atoms with Crippen LogP contribution in [0.15, 0.2) is 30.6 Å². The van der Waals surface area contributed by atoms with Crippen LogP contribution in [-0.2, 0) is 24.8 Å². The molecule has 0 spiro atoms. The average Bonchev–Trinajstić information content (AvgIpc) is 3.15. The number of likely N-dealkylation sites (tertiary alicyclic amines) is 1. The van der Waals surface area contributed by atoms with Crippen molar-refractivity contribution >= 4 is 5.91 Å². The molecule has 1 fully saturated rings. The molecule has 25 heavy (non-hydrogen) atoms. The van der Waals surface area contributed by atoms with Crippen LogP contribution >= 0.6 is 0 Å². The van der Waals surface area contributed by atoms with E-state index in [1.807, 2.05) is 42.3 Å². The maximum atomic E-state index is 12.4. The van der Waals surface area contributed by atoms with Crippen molar-refractivity contribution in [2.75, 3.05) is 6.54 Å². The summed E-state index contributed by atoms with van der Waals surface area (Å²) in [6.45, 7) is 3.69. The summed E-state index contributed by atoms with van der Waals surface area (Å²) in [5, 5.41) is 4.32. The van der Waals surface area contributed by atoms with Gasteiger partial charge in [0.25, 0.3) is 0 Å². The molecular weight excluding hydrogens is 314 g/mol. The molecule has 1 aliphatic rings. The van der Waals surface area contributed by atoms with Gasteiger partial charge in [0.05, 0.1) is 6.20 Å². The molecule has 3 rings (SSSR count). The highest BCUT2D eigenvalue weighted by molar-refractivity contribution is 5.85. The van der Waals surface area contributed by atoms with Crippen molar-refractivity contribution in [1.82, 2.24) is 19.7 Å². The Morgan fingerprint density at radius 2 is 2.24 bits per heavy atom. The second-order valence-electron chi connectivity index (χ2n) is 6.97. The summed E-state index contributed by atoms with van der Waals surface area (Å²) in [6.07, 6.45) is 8.10. The fourth-order valence-electron chi connectivity index (χ4n) is 3.86. The molecule has 0 bridgehead atoms. The molecule has 2 aromatic heterocycles. The van der Waals surface area contributed by atoms with Crippen LogP contribution in [0.4, 0.5) is 0 Å². The molecule has 0 saturated carbocycles. The molecule has 1 aliphatic heterocycles. The third kappa shape index (κ3) is 3.58. The van der Waals surface area contributed by atoms with Crippen molar-refractivity contribution in [3.8, 4) is 0 Å². The zero-order valence-electron chi connectivity index (χ0n) is 15.1. The Kier molecular flexibility index (Phi) is 5.18. The van der Waals surface area contributed by atoms with Crippen LogP contribution in [0.3, 0.4) is 0 Å². The predicted octanol–water partition coefficient (Wildman–Crippen LogP) is 1.97. The lowest BCUT2D eigenvalue weighted by Gasteiger charge is -2.36. The van der Waals surface area contributed by atoms with Crippen LogP contribution in [-0.4, -0.2) is 37.7 Å². The van der Waals surface area contributed by atoms with Gasteiger partial charge < -0.3 is 5.73 Å². The number of aromatic nitrogens is 3. The number of pyridine rings is 1. The largest absolute Gasteiger partial charge is 0.368 e. The molecule has 134 valence electrons. The van der Waals surface area contributed by atoms with Gasteiger partial charge >= 0.3 is 0 Å². The van der Waals surface area contributed by atoms with Gasteiger partial charge in [-0.25, -0.2) is 0 Å². The van der Waals surface area contributed by atoms with E-state index in [1.54, 1.807) is 0 Å². The fraction of sp³-hybridized carbons (Fsp3) is 0.526. The first-order chi connectivity index (χ1) is 12.0. The summed E-state index contributed by atoms with van der Waals surface area (Å²) >= 11 is 0. The Hall–Kier alpha value is -2.21. The molecule has 1 unspecified atom stereocenters. The molecule has 0 aromatic carbocycles. The van der Waals surface area contributed by atoms with Crippen molar-refractivity contribution in [1.29, 1.82) is 0 Å². The standard InChI is InChI=1S/C19H27N5O/c1-15-16(13-22-23(15)2)14-24-12-6-10-19(24,18(20)25)9-5-8-17-7-3-4-11-21-17/h3-4,7,11,13H,5-6,8-10,12,14H2,1-2H3,(H2,20,25). The zero-order chi connectivity index (χ0) is 17.9. The summed E-state index contributed by atoms with van der Waals surface area (Å²) < 4.78 is 1.87. The van der Waals surface area contributed by atoms with Gasteiger partial charge in [0.15, 0.2) is 0 Å². The number of hydrogen-bond donors (Lipinski definition) is 1. The summed E-state index contributed by atoms with van der Waals surface area (Å²) in [6, 6.07) is 5.95. The maximum Gasteiger partial charge on any atom is 0.237 e. The number of carbonyl (C=O) groups is 1. The van der Waals surface area contributed by atoms with Crippen molar-refractivity contribution < 1.29 is 4.79 Å². The van der Waals surface area contributed by atoms with Gasteiger partial charge in [0.2, 0.25) is 5.91 Å². The summed E-state index contributed by atoms with van der Waals surface area (Å²) in [5.41, 5.74) is 8.71. The number of primary amides is 1. The minimum absolute atomic E-state index is 0.201. The number of nitrogens with two attached hydrogens (primary N) is 1. The van der Waals surface area contributed by atoms with E-state index in [9.17, 15) is 4.79 Å². The lowest BCUT2D eigenvalue weighted by Crippen LogP contribution is -2.53. The predicted molar refractivity (Wildman–Crippen MR) is 96.7 cm³/mol. The second kappa shape index (κ2) is 7.35. The highest BCUT2D eigenvalue weighted by Crippen LogP contribution is 2.35. The number of aryl methyl sites for hydroxylation is 2. The minimum atomic E-state index is -0.545. The van der Waals surface area contributed by atoms with Gasteiger partial charge in [0.1, 0.15) is 5.54 Å². The van der Waals surface area contributed by atoms with Crippen molar-refractivity contribution in [2.45, 2.75) is 51.1 Å². The average molecular weight is 341 g/mol. The van der Waals surface area contributed by atoms with E-state index in [4.69, 9.17) is 5.73 Å². The highest BCUT2D eigenvalue weighted by atomic mass is 16.1. The van der Waals surface area contributed by atoms with Crippen LogP contribution in [0.1, 0.15) is 42.6 Å². The van der Waals surface area contributed by atoms with Crippen LogP contribution in [0, 0.1) is 6.92 Å². The number of nitrogens with zero attached hydrogens (tertiary/aromatic N) is 4. The van der Waals surface area contributed by atoms with Crippen molar-refractivity contribution in [3.05, 3.63) is 47.5 Å². The quantitative estimate of drug-likeness (QED) is 0.835. The molecule has 6 nitrogen and oxygen atoms in total. The normalized spacial score (nSPS) is 20.9. The van der Waals surface area contributed by atoms with Gasteiger partial charge in [-0.05, 0) is 57.7 Å². The first kappa shape index (κ1) is 17.6. The van der Waals surface area contributed by atoms with E-state index in [-0.39, 0.29) is 5.91 Å². The summed E-state index contributed by atoms with van der Waals surface area (Å²) in [5.74, 6) is -0.201. The number of amides is 1. The summed E-state index contributed by atoms with van der Waals surface area (Å²) in [4.78, 5) is 19.0. The van der Waals surface area contributed by atoms with Crippen molar-refractivity contribution in [3.63, 3.8) is 0 Å². The smallest absolute Gasteiger partial charge is 0.237 e. The fourth-order valence-corrected chi connectivity index (χ4v) is 3.86. The molecule has 2 N–H and O–H groups in total. The Labute approximate surface area is 149 Å². The lowest BCUT2D eigenvalue weighted by molar-refractivity contribution is -0.129. The second-order valence-corrected chi connectivity index (χ2v) is 6.97. The van der Waals surface area contributed by atoms with Crippen LogP contribution in [0.25, 0.3) is 0 Å². The Morgan fingerprint density at radius 1 is 1.40 bits per heavy atom. The Bertz CT molecular complexity index is 727. The molecule has 3 heterocycles. The van der Waals surface area contributed by atoms with E-state index in [0.717, 1.165) is 56.6 Å². The Morgan fingerprint density at radius 3 is 2.88 bits per heavy atom. The molecule has 0 radical (unpaired) electrons. The van der Waals surface area contributed by atoms with Crippen LogP contribution in [0.5, 0.6) is 0 Å². The van der Waals surface area contributed by atoms with Crippen molar-refractivity contribution in [2.24, 2.45) is 12.8 Å². The summed E-state index contributed by atoms with van der Waals surface area (Å²) in [7, 11) is 1.94. The van der Waals surface area contributed by atoms with Gasteiger partial charge in [-0.3, -0.25) is 19.4 Å². The number of hydrogen-bond acceptors (Lipinski definition) is 4. The van der Waals surface area contributed by atoms with E-state index < -0.39 is 5.54 Å². The molecule has 1 atom stereocenters. The molecule has 6 heteroatoms. The molecule has 1 amide bonds. The Balaban J connectivity index is 1.71. The van der Waals surface area contributed by atoms with Gasteiger partial charge in [0, 0.05) is 36.7 Å². The topological polar surface area (TPSA) is 77.0 Å². The van der Waals surface area contributed by atoms with Gasteiger partial charge in [-0.2, -0.15) is 5.10 Å². The first-order valence-electron chi connectivity index (χ1n) is 8.95. The van der Waals surface area contributed by atoms with Gasteiger partial charge in [-0.15, -0.1) is 0 Å². The molecule has 0 aliphatic carbocycles. The van der Waals surface area contributed by atoms with E-state index in [1.165, 1.54) is 5.56 Å². The van der Waals surface area contributed by atoms with Crippen LogP contribution < -0.4 is 5.73 Å². The molecule has 2 aromatic rings. The minimum Gasteiger partial charge on any atom is -0.368 e. The maximum absolute atomic E-state index is 12.4. The van der Waals surface area contributed by atoms with E-state index >= 15 is 0 Å². The third-order valence-corrected chi connectivity index (χ3v) is 5.53. The third-order valence-electron chi connectivity index (χ3n) is 5.53. The zero-order valence-corrected chi connectivity index (χ0v) is 15.1. The number of rotatable bonds is 7. The monoisotopic (exact) mass is 341 g/mol. The lowest BCUT2D eigenvalue weighted by atomic mass is 9.88. The first-order valence-corrected chi connectivity index (χ1v) is 8.95. The molecule has 1 saturated heterocycles. The SMILES string of the molecule is Cc1c(CN2CCCC2(CCCc2ccccn2)C(N)=O)cnn1C. The van der Waals surface area contributed by atoms with Crippen LogP contribution in [0.2, 0.25) is 0 Å². The van der Waals surface area contributed by atoms with E-state index in [2.05, 4.69) is 21.9 Å². The van der Waals surface area contributed by atoms with E-state index in [0.29, 0.717) is 0 Å². The number of carbonyl (C=O) groups excluding carboxylic acids is 1.